The average molecular weight is 407 g/mol. The van der Waals surface area contributed by atoms with Gasteiger partial charge in [-0.3, -0.25) is 0 Å². The maximum absolute atomic E-state index is 2.21. The molecule has 0 amide bonds. The van der Waals surface area contributed by atoms with Crippen LogP contribution in [0.15, 0.2) is 30.3 Å². The van der Waals surface area contributed by atoms with E-state index >= 15 is 0 Å². The van der Waals surface area contributed by atoms with Crippen molar-refractivity contribution in [3.05, 3.63) is 58.1 Å². The van der Waals surface area contributed by atoms with Crippen molar-refractivity contribution >= 4 is 6.88 Å². The van der Waals surface area contributed by atoms with Crippen LogP contribution >= 0.6 is 0 Å². The molecule has 2 aromatic rings. The van der Waals surface area contributed by atoms with Crippen LogP contribution in [-0.4, -0.2) is 6.88 Å². The van der Waals surface area contributed by atoms with Gasteiger partial charge < -0.3 is 24.8 Å². The molecule has 0 spiro atoms. The normalized spacial score (nSPS) is 8.15. The summed E-state index contributed by atoms with van der Waals surface area (Å²) in [5.74, 6) is 0. The molecule has 0 saturated carbocycles. The summed E-state index contributed by atoms with van der Waals surface area (Å²) in [7, 11) is 0. The fraction of sp³-hybridized carbons (Fsp3) is 0.375. The molecule has 4 heteroatoms. The van der Waals surface area contributed by atoms with Crippen LogP contribution in [0.1, 0.15) is 34.7 Å². The Balaban J connectivity index is -0.000000240. The zero-order chi connectivity index (χ0) is 14.1. The molecule has 0 heterocycles. The molecule has 112 valence electrons. The molecule has 0 atom stereocenters. The molecule has 0 nitrogen and oxygen atoms in total. The van der Waals surface area contributed by atoms with Crippen molar-refractivity contribution in [2.24, 2.45) is 0 Å². The van der Waals surface area contributed by atoms with Crippen molar-refractivity contribution in [3.8, 4) is 0 Å². The molecule has 0 aliphatic heterocycles. The molecule has 0 unspecified atom stereocenters. The third-order valence-electron chi connectivity index (χ3n) is 3.30. The fourth-order valence-corrected chi connectivity index (χ4v) is 1.71. The summed E-state index contributed by atoms with van der Waals surface area (Å²) in [4.78, 5) is 0. The zero-order valence-electron chi connectivity index (χ0n) is 13.1. The van der Waals surface area contributed by atoms with Gasteiger partial charge in [0.05, 0.1) is 0 Å². The second-order valence-corrected chi connectivity index (χ2v) is 4.41. The molecule has 2 aromatic carbocycles. The summed E-state index contributed by atoms with van der Waals surface area (Å²) in [5.41, 5.74) is 7.16. The number of halogens is 2. The third kappa shape index (κ3) is 8.62. The summed E-state index contributed by atoms with van der Waals surface area (Å²) < 4.78 is 0. The molecule has 2 rings (SSSR count). The van der Waals surface area contributed by atoms with Gasteiger partial charge in [0.1, 0.15) is 0 Å². The fourth-order valence-electron chi connectivity index (χ4n) is 1.71. The standard InChI is InChI=1S/C9H13.C7H9.2ClH.H2Si.Zr/c1-4-9-6-5-7(2)8(9)3;1-6-4-3-5-7(6)2;;;;/h5-6H,4H2,1-3H3;3-5H,1-2H3;2*1H;1H2;/q2*-1;;;;+2/p-2. The molecule has 0 bridgehead atoms. The van der Waals surface area contributed by atoms with Gasteiger partial charge in [0, 0.05) is 0 Å². The van der Waals surface area contributed by atoms with Crippen LogP contribution in [-0.2, 0) is 29.8 Å². The summed E-state index contributed by atoms with van der Waals surface area (Å²) in [6, 6.07) is 10.7. The van der Waals surface area contributed by atoms with Crippen LogP contribution in [0.2, 0.25) is 0 Å². The first-order valence-electron chi connectivity index (χ1n) is 6.32. The van der Waals surface area contributed by atoms with Crippen molar-refractivity contribution in [3.63, 3.8) is 0 Å². The van der Waals surface area contributed by atoms with Crippen molar-refractivity contribution in [1.82, 2.24) is 0 Å². The minimum absolute atomic E-state index is 0. The van der Waals surface area contributed by atoms with Crippen LogP contribution in [0.4, 0.5) is 0 Å². The van der Waals surface area contributed by atoms with E-state index in [1.165, 1.54) is 34.2 Å². The predicted molar refractivity (Wildman–Crippen MR) is 80.9 cm³/mol. The summed E-state index contributed by atoms with van der Waals surface area (Å²) in [5, 5.41) is 0. The Kier molecular flexibility index (Phi) is 18.1. The Bertz CT molecular complexity index is 444. The molecule has 20 heavy (non-hydrogen) atoms. The molecule has 0 aliphatic rings. The molecule has 0 N–H and O–H groups in total. The number of hydrogen-bond donors (Lipinski definition) is 0. The van der Waals surface area contributed by atoms with Crippen molar-refractivity contribution in [1.29, 1.82) is 0 Å². The quantitative estimate of drug-likeness (QED) is 0.369. The average Bonchev–Trinajstić information content (AvgIpc) is 2.91. The number of aryl methyl sites for hydroxylation is 4. The van der Waals surface area contributed by atoms with E-state index in [-0.39, 0.29) is 24.8 Å². The third-order valence-corrected chi connectivity index (χ3v) is 3.30. The Hall–Kier alpha value is 0.380. The second kappa shape index (κ2) is 14.3. The van der Waals surface area contributed by atoms with Crippen LogP contribution in [0, 0.1) is 27.7 Å². The molecule has 0 aliphatic carbocycles. The Morgan fingerprint density at radius 3 is 1.55 bits per heavy atom. The molecule has 0 radical (unpaired) electrons. The Labute approximate surface area is 153 Å². The monoisotopic (exact) mass is 404 g/mol. The van der Waals surface area contributed by atoms with E-state index in [9.17, 15) is 0 Å². The van der Waals surface area contributed by atoms with E-state index in [0.29, 0.717) is 0 Å². The number of hydrogen-bond acceptors (Lipinski definition) is 0. The van der Waals surface area contributed by atoms with Gasteiger partial charge in [-0.1, -0.05) is 41.0 Å². The van der Waals surface area contributed by atoms with Gasteiger partial charge in [-0.15, -0.1) is 0 Å². The molecule has 0 fully saturated rings. The van der Waals surface area contributed by atoms with Gasteiger partial charge >= 0.3 is 30.2 Å². The van der Waals surface area contributed by atoms with E-state index in [0.717, 1.165) is 0 Å². The van der Waals surface area contributed by atoms with Crippen molar-refractivity contribution in [2.45, 2.75) is 41.0 Å². The summed E-state index contributed by atoms with van der Waals surface area (Å²) in [6.07, 6.45) is 1.17. The maximum atomic E-state index is 2.21. The first-order chi connectivity index (χ1) is 8.56. The van der Waals surface area contributed by atoms with Crippen molar-refractivity contribution < 1.29 is 48.1 Å². The van der Waals surface area contributed by atoms with Gasteiger partial charge in [0.2, 0.25) is 0 Å². The molecule has 0 aromatic heterocycles. The molecule has 0 saturated heterocycles. The minimum atomic E-state index is 0. The van der Waals surface area contributed by atoms with E-state index in [1.807, 2.05) is 6.88 Å². The van der Waals surface area contributed by atoms with E-state index in [2.05, 4.69) is 65.0 Å². The summed E-state index contributed by atoms with van der Waals surface area (Å²) in [6.45, 7) is 12.7. The topological polar surface area (TPSA) is 0 Å². The Morgan fingerprint density at radius 2 is 1.40 bits per heavy atom. The van der Waals surface area contributed by atoms with Crippen LogP contribution in [0.25, 0.3) is 0 Å². The van der Waals surface area contributed by atoms with Crippen molar-refractivity contribution in [2.75, 3.05) is 0 Å². The van der Waals surface area contributed by atoms with Crippen LogP contribution in [0.3, 0.4) is 0 Å². The SMILES string of the molecule is CCc1c[cH-]c(C)c1C.Cc1c[cH-]cc1C.[Cl-].[Cl-].[SiH2]=[Zr+2]. The van der Waals surface area contributed by atoms with E-state index < -0.39 is 0 Å². The van der Waals surface area contributed by atoms with E-state index in [1.54, 1.807) is 23.3 Å². The predicted octanol–water partition coefficient (Wildman–Crippen LogP) is -2.30. The second-order valence-electron chi connectivity index (χ2n) is 4.41. The van der Waals surface area contributed by atoms with E-state index in [4.69, 9.17) is 0 Å². The molecular formula is C16H24Cl2SiZr-2. The van der Waals surface area contributed by atoms with Crippen LogP contribution in [0.5, 0.6) is 0 Å². The van der Waals surface area contributed by atoms with Gasteiger partial charge in [-0.2, -0.15) is 58.1 Å². The first-order valence-corrected chi connectivity index (χ1v) is 12.2. The van der Waals surface area contributed by atoms with Gasteiger partial charge in [0.25, 0.3) is 0 Å². The zero-order valence-corrected chi connectivity index (χ0v) is 18.4. The molecular weight excluding hydrogens is 382 g/mol. The van der Waals surface area contributed by atoms with Gasteiger partial charge in [-0.05, 0) is 0 Å². The van der Waals surface area contributed by atoms with Gasteiger partial charge in [0.15, 0.2) is 0 Å². The Morgan fingerprint density at radius 1 is 0.950 bits per heavy atom. The van der Waals surface area contributed by atoms with Crippen LogP contribution < -0.4 is 24.8 Å². The number of rotatable bonds is 1. The van der Waals surface area contributed by atoms with Gasteiger partial charge in [-0.25, -0.2) is 0 Å². The first kappa shape index (κ1) is 25.3. The summed E-state index contributed by atoms with van der Waals surface area (Å²) >= 11 is 1.58.